The topological polar surface area (TPSA) is 105 Å². The number of ether oxygens (including phenoxy) is 2. The number of benzene rings is 1. The molecule has 29 heavy (non-hydrogen) atoms. The van der Waals surface area contributed by atoms with Gasteiger partial charge >= 0.3 is 11.9 Å². The largest absolute Gasteiger partial charge is 0.468 e. The van der Waals surface area contributed by atoms with E-state index in [0.717, 1.165) is 5.69 Å². The number of methoxy groups -OCH3 is 2. The minimum absolute atomic E-state index is 0.122. The quantitative estimate of drug-likeness (QED) is 0.589. The van der Waals surface area contributed by atoms with E-state index in [2.05, 4.69) is 10.1 Å². The second-order valence-corrected chi connectivity index (χ2v) is 7.13. The Balaban J connectivity index is 2.14. The number of carbonyl (C=O) groups excluding carboxylic acids is 3. The SMILES string of the molecule is CCn1nc(C(=O)N=c2sc3cc(C(=O)OC)ccc3n2CC(=O)OC)cc1C. The second kappa shape index (κ2) is 8.39. The molecule has 0 N–H and O–H groups in total. The van der Waals surface area contributed by atoms with Crippen molar-refractivity contribution in [2.24, 2.45) is 4.99 Å². The first-order chi connectivity index (χ1) is 13.9. The Morgan fingerprint density at radius 3 is 2.55 bits per heavy atom. The summed E-state index contributed by atoms with van der Waals surface area (Å²) in [4.78, 5) is 40.8. The van der Waals surface area contributed by atoms with Crippen molar-refractivity contribution >= 4 is 39.4 Å². The first-order valence-electron chi connectivity index (χ1n) is 8.80. The van der Waals surface area contributed by atoms with Crippen molar-refractivity contribution in [3.8, 4) is 0 Å². The van der Waals surface area contributed by atoms with E-state index < -0.39 is 17.8 Å². The molecule has 1 aromatic carbocycles. The zero-order valence-corrected chi connectivity index (χ0v) is 17.3. The van der Waals surface area contributed by atoms with Crippen molar-refractivity contribution in [1.82, 2.24) is 14.3 Å². The maximum Gasteiger partial charge on any atom is 0.337 e. The highest BCUT2D eigenvalue weighted by atomic mass is 32.1. The van der Waals surface area contributed by atoms with E-state index in [1.54, 1.807) is 33.5 Å². The lowest BCUT2D eigenvalue weighted by Crippen LogP contribution is -2.22. The van der Waals surface area contributed by atoms with Gasteiger partial charge in [0.15, 0.2) is 10.5 Å². The summed E-state index contributed by atoms with van der Waals surface area (Å²) in [6, 6.07) is 6.58. The minimum Gasteiger partial charge on any atom is -0.468 e. The van der Waals surface area contributed by atoms with E-state index in [1.165, 1.54) is 25.6 Å². The molecule has 0 aliphatic heterocycles. The zero-order valence-electron chi connectivity index (χ0n) is 16.5. The highest BCUT2D eigenvalue weighted by molar-refractivity contribution is 7.16. The first-order valence-corrected chi connectivity index (χ1v) is 9.61. The second-order valence-electron chi connectivity index (χ2n) is 6.12. The van der Waals surface area contributed by atoms with Crippen LogP contribution in [-0.2, 0) is 27.4 Å². The summed E-state index contributed by atoms with van der Waals surface area (Å²) in [5.41, 5.74) is 2.09. The van der Waals surface area contributed by atoms with E-state index >= 15 is 0 Å². The molecule has 2 aromatic heterocycles. The van der Waals surface area contributed by atoms with Gasteiger partial charge in [0, 0.05) is 12.2 Å². The Morgan fingerprint density at radius 2 is 1.93 bits per heavy atom. The van der Waals surface area contributed by atoms with Gasteiger partial charge in [0.1, 0.15) is 6.54 Å². The van der Waals surface area contributed by atoms with E-state index in [-0.39, 0.29) is 12.2 Å². The predicted molar refractivity (Wildman–Crippen MR) is 106 cm³/mol. The molecule has 0 bridgehead atoms. The van der Waals surface area contributed by atoms with Gasteiger partial charge in [-0.15, -0.1) is 0 Å². The highest BCUT2D eigenvalue weighted by Crippen LogP contribution is 2.20. The lowest BCUT2D eigenvalue weighted by Gasteiger charge is -2.04. The number of hydrogen-bond acceptors (Lipinski definition) is 7. The summed E-state index contributed by atoms with van der Waals surface area (Å²) >= 11 is 1.18. The number of hydrogen-bond donors (Lipinski definition) is 0. The van der Waals surface area contributed by atoms with Crippen molar-refractivity contribution in [2.45, 2.75) is 26.9 Å². The normalized spacial score (nSPS) is 11.7. The van der Waals surface area contributed by atoms with Crippen LogP contribution < -0.4 is 4.80 Å². The van der Waals surface area contributed by atoms with Crippen LogP contribution in [-0.4, -0.2) is 46.4 Å². The average molecular weight is 416 g/mol. The maximum absolute atomic E-state index is 12.7. The van der Waals surface area contributed by atoms with Gasteiger partial charge in [-0.25, -0.2) is 4.79 Å². The van der Waals surface area contributed by atoms with Crippen molar-refractivity contribution < 1.29 is 23.9 Å². The number of aryl methyl sites for hydroxylation is 2. The van der Waals surface area contributed by atoms with E-state index in [1.807, 2.05) is 13.8 Å². The average Bonchev–Trinajstić information content (AvgIpc) is 3.26. The first kappa shape index (κ1) is 20.5. The Labute approximate surface area is 170 Å². The molecule has 1 amide bonds. The summed E-state index contributed by atoms with van der Waals surface area (Å²) in [6.07, 6.45) is 0. The summed E-state index contributed by atoms with van der Waals surface area (Å²) in [5, 5.41) is 4.25. The monoisotopic (exact) mass is 416 g/mol. The number of esters is 2. The van der Waals surface area contributed by atoms with Crippen LogP contribution in [0, 0.1) is 6.92 Å². The lowest BCUT2D eigenvalue weighted by atomic mass is 10.2. The van der Waals surface area contributed by atoms with Crippen molar-refractivity contribution in [2.75, 3.05) is 14.2 Å². The number of fused-ring (bicyclic) bond motifs is 1. The van der Waals surface area contributed by atoms with Crippen LogP contribution in [0.3, 0.4) is 0 Å². The molecule has 3 aromatic rings. The van der Waals surface area contributed by atoms with Gasteiger partial charge in [-0.1, -0.05) is 11.3 Å². The fourth-order valence-electron chi connectivity index (χ4n) is 2.83. The fraction of sp³-hybridized carbons (Fsp3) is 0.316. The van der Waals surface area contributed by atoms with Crippen molar-refractivity contribution in [3.05, 3.63) is 46.0 Å². The van der Waals surface area contributed by atoms with Crippen LogP contribution in [0.25, 0.3) is 10.2 Å². The zero-order chi connectivity index (χ0) is 21.1. The smallest absolute Gasteiger partial charge is 0.337 e. The predicted octanol–water partition coefficient (Wildman–Crippen LogP) is 1.93. The Morgan fingerprint density at radius 1 is 1.17 bits per heavy atom. The van der Waals surface area contributed by atoms with Crippen molar-refractivity contribution in [3.63, 3.8) is 0 Å². The molecule has 0 atom stereocenters. The number of nitrogens with zero attached hydrogens (tertiary/aromatic N) is 4. The van der Waals surface area contributed by atoms with Crippen LogP contribution in [0.15, 0.2) is 29.3 Å². The maximum atomic E-state index is 12.7. The van der Waals surface area contributed by atoms with E-state index in [0.29, 0.717) is 27.1 Å². The Bertz CT molecular complexity index is 1170. The van der Waals surface area contributed by atoms with Crippen LogP contribution in [0.5, 0.6) is 0 Å². The molecule has 0 unspecified atom stereocenters. The number of thiazole rings is 1. The Hall–Kier alpha value is -3.27. The highest BCUT2D eigenvalue weighted by Gasteiger charge is 2.16. The third-order valence-corrected chi connectivity index (χ3v) is 5.36. The van der Waals surface area contributed by atoms with Crippen LogP contribution in [0.4, 0.5) is 0 Å². The fourth-order valence-corrected chi connectivity index (χ4v) is 3.90. The van der Waals surface area contributed by atoms with Gasteiger partial charge in [0.2, 0.25) is 0 Å². The number of carbonyl (C=O) groups is 3. The molecule has 3 rings (SSSR count). The lowest BCUT2D eigenvalue weighted by molar-refractivity contribution is -0.141. The summed E-state index contributed by atoms with van der Waals surface area (Å²) in [5.74, 6) is -1.48. The third kappa shape index (κ3) is 4.11. The summed E-state index contributed by atoms with van der Waals surface area (Å²) in [6.45, 7) is 4.31. The molecule has 152 valence electrons. The molecule has 10 heteroatoms. The van der Waals surface area contributed by atoms with Gasteiger partial charge in [-0.05, 0) is 38.1 Å². The molecule has 0 saturated heterocycles. The van der Waals surface area contributed by atoms with Crippen LogP contribution in [0.1, 0.15) is 33.5 Å². The summed E-state index contributed by atoms with van der Waals surface area (Å²) in [7, 11) is 2.59. The van der Waals surface area contributed by atoms with Gasteiger partial charge < -0.3 is 14.0 Å². The summed E-state index contributed by atoms with van der Waals surface area (Å²) < 4.78 is 13.5. The van der Waals surface area contributed by atoms with Crippen LogP contribution >= 0.6 is 11.3 Å². The van der Waals surface area contributed by atoms with Gasteiger partial charge in [0.05, 0.1) is 30.0 Å². The molecule has 0 fully saturated rings. The Kier molecular flexibility index (Phi) is 5.92. The molecular formula is C19H20N4O5S. The molecule has 0 radical (unpaired) electrons. The van der Waals surface area contributed by atoms with Gasteiger partial charge in [-0.3, -0.25) is 14.3 Å². The van der Waals surface area contributed by atoms with Gasteiger partial charge in [-0.2, -0.15) is 10.1 Å². The van der Waals surface area contributed by atoms with Crippen LogP contribution in [0.2, 0.25) is 0 Å². The number of rotatable bonds is 5. The molecule has 9 nitrogen and oxygen atoms in total. The molecule has 0 saturated carbocycles. The van der Waals surface area contributed by atoms with Crippen molar-refractivity contribution in [1.29, 1.82) is 0 Å². The third-order valence-electron chi connectivity index (χ3n) is 4.32. The number of aromatic nitrogens is 3. The molecule has 0 spiro atoms. The van der Waals surface area contributed by atoms with Gasteiger partial charge in [0.25, 0.3) is 5.91 Å². The standard InChI is InChI=1S/C19H20N4O5S/c1-5-23-11(2)8-13(21-23)17(25)20-19-22(10-16(24)27-3)14-7-6-12(18(26)28-4)9-15(14)29-19/h6-9H,5,10H2,1-4H3. The molecule has 2 heterocycles. The van der Waals surface area contributed by atoms with E-state index in [4.69, 9.17) is 9.47 Å². The molecule has 0 aliphatic carbocycles. The number of amides is 1. The molecule has 0 aliphatic rings. The minimum atomic E-state index is -0.515. The van der Waals surface area contributed by atoms with E-state index in [9.17, 15) is 14.4 Å². The molecular weight excluding hydrogens is 396 g/mol.